The van der Waals surface area contributed by atoms with Gasteiger partial charge in [0, 0.05) is 30.4 Å². The van der Waals surface area contributed by atoms with Crippen molar-refractivity contribution in [1.82, 2.24) is 4.98 Å². The maximum absolute atomic E-state index is 10.6. The smallest absolute Gasteiger partial charge is 0.389 e. The van der Waals surface area contributed by atoms with Crippen molar-refractivity contribution in [3.63, 3.8) is 0 Å². The SMILES string of the molecule is C=CCc1ccccn1.CC(=O)[n+]1ccccc1.[Cl-]. The van der Waals surface area contributed by atoms with E-state index in [9.17, 15) is 4.79 Å². The fraction of sp³-hybridized carbons (Fsp3) is 0.133. The summed E-state index contributed by atoms with van der Waals surface area (Å²) in [6.07, 6.45) is 7.95. The van der Waals surface area contributed by atoms with Crippen LogP contribution in [0.25, 0.3) is 0 Å². The van der Waals surface area contributed by atoms with Crippen LogP contribution in [0.5, 0.6) is 0 Å². The predicted molar refractivity (Wildman–Crippen MR) is 71.1 cm³/mol. The van der Waals surface area contributed by atoms with Crippen LogP contribution < -0.4 is 17.0 Å². The van der Waals surface area contributed by atoms with Gasteiger partial charge in [0.25, 0.3) is 0 Å². The molecule has 4 heteroatoms. The van der Waals surface area contributed by atoms with Crippen LogP contribution in [0.1, 0.15) is 17.4 Å². The summed E-state index contributed by atoms with van der Waals surface area (Å²) < 4.78 is 1.53. The molecule has 0 saturated carbocycles. The zero-order valence-electron chi connectivity index (χ0n) is 10.9. The van der Waals surface area contributed by atoms with Crippen LogP contribution in [-0.4, -0.2) is 10.9 Å². The Bertz CT molecular complexity index is 486. The van der Waals surface area contributed by atoms with Gasteiger partial charge in [-0.25, -0.2) is 4.79 Å². The fourth-order valence-corrected chi connectivity index (χ4v) is 1.28. The molecule has 0 aliphatic rings. The molecule has 2 aromatic rings. The van der Waals surface area contributed by atoms with Gasteiger partial charge in [0.1, 0.15) is 0 Å². The molecule has 2 rings (SSSR count). The van der Waals surface area contributed by atoms with E-state index >= 15 is 0 Å². The summed E-state index contributed by atoms with van der Waals surface area (Å²) in [5.74, 6) is 0.0376. The molecule has 0 unspecified atom stereocenters. The van der Waals surface area contributed by atoms with Crippen LogP contribution in [-0.2, 0) is 6.42 Å². The standard InChI is InChI=1S/C8H9N.C7H8NO.ClH/c1-2-5-8-6-3-4-7-9-8;1-7(9)8-5-3-2-4-6-8;/h2-4,6-7H,1,5H2;2-6H,1H3;1H/q;+1;/p-1. The average molecular weight is 277 g/mol. The van der Waals surface area contributed by atoms with Crippen molar-refractivity contribution in [2.24, 2.45) is 0 Å². The summed E-state index contributed by atoms with van der Waals surface area (Å²) in [4.78, 5) is 14.7. The predicted octanol–water partition coefficient (Wildman–Crippen LogP) is -0.552. The maximum Gasteiger partial charge on any atom is 0.389 e. The first-order valence-corrected chi connectivity index (χ1v) is 5.72. The second-order valence-electron chi connectivity index (χ2n) is 3.62. The zero-order chi connectivity index (χ0) is 13.2. The van der Waals surface area contributed by atoms with Gasteiger partial charge in [-0.15, -0.1) is 11.1 Å². The van der Waals surface area contributed by atoms with E-state index in [0.29, 0.717) is 0 Å². The molecule has 0 spiro atoms. The van der Waals surface area contributed by atoms with Gasteiger partial charge in [0.2, 0.25) is 0 Å². The van der Waals surface area contributed by atoms with Crippen LogP contribution in [0.2, 0.25) is 0 Å². The highest BCUT2D eigenvalue weighted by atomic mass is 35.5. The molecule has 2 aromatic heterocycles. The van der Waals surface area contributed by atoms with Gasteiger partial charge in [-0.1, -0.05) is 18.2 Å². The van der Waals surface area contributed by atoms with Crippen molar-refractivity contribution in [2.75, 3.05) is 0 Å². The van der Waals surface area contributed by atoms with Gasteiger partial charge >= 0.3 is 5.91 Å². The molecule has 0 aromatic carbocycles. The monoisotopic (exact) mass is 276 g/mol. The first-order valence-electron chi connectivity index (χ1n) is 5.72. The minimum Gasteiger partial charge on any atom is -1.00 e. The average Bonchev–Trinajstić information content (AvgIpc) is 2.42. The lowest BCUT2D eigenvalue weighted by Crippen LogP contribution is -3.00. The van der Waals surface area contributed by atoms with Crippen molar-refractivity contribution in [1.29, 1.82) is 0 Å². The third-order valence-corrected chi connectivity index (χ3v) is 2.16. The number of halogens is 1. The van der Waals surface area contributed by atoms with E-state index in [0.717, 1.165) is 12.1 Å². The summed E-state index contributed by atoms with van der Waals surface area (Å²) in [5.41, 5.74) is 1.08. The Kier molecular flexibility index (Phi) is 8.92. The Morgan fingerprint density at radius 2 is 1.95 bits per heavy atom. The quantitative estimate of drug-likeness (QED) is 0.545. The first-order chi connectivity index (χ1) is 8.74. The lowest BCUT2D eigenvalue weighted by molar-refractivity contribution is -0.572. The van der Waals surface area contributed by atoms with E-state index in [4.69, 9.17) is 0 Å². The van der Waals surface area contributed by atoms with Crippen molar-refractivity contribution >= 4 is 5.91 Å². The van der Waals surface area contributed by atoms with E-state index in [1.54, 1.807) is 18.6 Å². The summed E-state index contributed by atoms with van der Waals surface area (Å²) in [7, 11) is 0. The van der Waals surface area contributed by atoms with Gasteiger partial charge in [-0.2, -0.15) is 0 Å². The van der Waals surface area contributed by atoms with E-state index < -0.39 is 0 Å². The zero-order valence-corrected chi connectivity index (χ0v) is 11.6. The molecule has 19 heavy (non-hydrogen) atoms. The molecule has 0 aliphatic heterocycles. The van der Waals surface area contributed by atoms with Crippen LogP contribution in [0, 0.1) is 0 Å². The second kappa shape index (κ2) is 9.97. The van der Waals surface area contributed by atoms with Crippen molar-refractivity contribution in [3.05, 3.63) is 73.3 Å². The highest BCUT2D eigenvalue weighted by Crippen LogP contribution is 1.93. The fourth-order valence-electron chi connectivity index (χ4n) is 1.28. The molecular weight excluding hydrogens is 260 g/mol. The topological polar surface area (TPSA) is 33.8 Å². The van der Waals surface area contributed by atoms with Crippen LogP contribution in [0.3, 0.4) is 0 Å². The number of hydrogen-bond donors (Lipinski definition) is 0. The third kappa shape index (κ3) is 7.11. The molecule has 0 aliphatic carbocycles. The summed E-state index contributed by atoms with van der Waals surface area (Å²) in [6.45, 7) is 5.14. The Morgan fingerprint density at radius 3 is 2.37 bits per heavy atom. The molecule has 0 N–H and O–H groups in total. The minimum absolute atomic E-state index is 0. The molecule has 0 bridgehead atoms. The molecule has 3 nitrogen and oxygen atoms in total. The van der Waals surface area contributed by atoms with Gasteiger partial charge in [0.05, 0.1) is 6.92 Å². The van der Waals surface area contributed by atoms with Gasteiger partial charge in [-0.3, -0.25) is 4.98 Å². The number of nitrogens with zero attached hydrogens (tertiary/aromatic N) is 2. The Labute approximate surface area is 120 Å². The second-order valence-corrected chi connectivity index (χ2v) is 3.62. The first kappa shape index (κ1) is 17.0. The molecule has 2 heterocycles. The molecule has 0 fully saturated rings. The molecule has 0 atom stereocenters. The van der Waals surface area contributed by atoms with Gasteiger partial charge in [0.15, 0.2) is 12.4 Å². The number of carbonyl (C=O) groups excluding carboxylic acids is 1. The summed E-state index contributed by atoms with van der Waals surface area (Å²) in [5, 5.41) is 0. The number of pyridine rings is 2. The maximum atomic E-state index is 10.6. The van der Waals surface area contributed by atoms with E-state index in [2.05, 4.69) is 11.6 Å². The van der Waals surface area contributed by atoms with E-state index in [-0.39, 0.29) is 18.3 Å². The number of aromatic nitrogens is 2. The van der Waals surface area contributed by atoms with Crippen LogP contribution in [0.15, 0.2) is 67.6 Å². The molecule has 0 saturated heterocycles. The summed E-state index contributed by atoms with van der Waals surface area (Å²) >= 11 is 0. The largest absolute Gasteiger partial charge is 1.00 e. The van der Waals surface area contributed by atoms with Crippen molar-refractivity contribution < 1.29 is 21.8 Å². The van der Waals surface area contributed by atoms with Crippen LogP contribution >= 0.6 is 0 Å². The summed E-state index contributed by atoms with van der Waals surface area (Å²) in [6, 6.07) is 11.4. The number of carbonyl (C=O) groups is 1. The Hall–Kier alpha value is -2.00. The highest BCUT2D eigenvalue weighted by Gasteiger charge is 2.01. The Morgan fingerprint density at radius 1 is 1.26 bits per heavy atom. The number of allylic oxidation sites excluding steroid dienone is 1. The molecule has 0 radical (unpaired) electrons. The molecular formula is C15H17ClN2O. The third-order valence-electron chi connectivity index (χ3n) is 2.16. The Balaban J connectivity index is 0.000000324. The molecule has 100 valence electrons. The van der Waals surface area contributed by atoms with Crippen molar-refractivity contribution in [3.8, 4) is 0 Å². The lowest BCUT2D eigenvalue weighted by Gasteiger charge is -1.90. The van der Waals surface area contributed by atoms with E-state index in [1.807, 2.05) is 42.5 Å². The van der Waals surface area contributed by atoms with Crippen molar-refractivity contribution in [2.45, 2.75) is 13.3 Å². The van der Waals surface area contributed by atoms with E-state index in [1.165, 1.54) is 11.5 Å². The highest BCUT2D eigenvalue weighted by molar-refractivity contribution is 5.62. The minimum atomic E-state index is 0. The van der Waals surface area contributed by atoms with Crippen LogP contribution in [0.4, 0.5) is 0 Å². The molecule has 0 amide bonds. The number of hydrogen-bond acceptors (Lipinski definition) is 2. The van der Waals surface area contributed by atoms with Gasteiger partial charge in [-0.05, 0) is 12.1 Å². The normalized spacial score (nSPS) is 8.47. The van der Waals surface area contributed by atoms with Gasteiger partial charge < -0.3 is 12.4 Å². The lowest BCUT2D eigenvalue weighted by atomic mass is 10.3. The number of rotatable bonds is 2.